The van der Waals surface area contributed by atoms with E-state index < -0.39 is 0 Å². The average molecular weight is 203 g/mol. The van der Waals surface area contributed by atoms with E-state index in [4.69, 9.17) is 0 Å². The van der Waals surface area contributed by atoms with Crippen LogP contribution >= 0.6 is 15.9 Å². The van der Waals surface area contributed by atoms with Gasteiger partial charge in [0.15, 0.2) is 5.78 Å². The molecule has 0 bridgehead atoms. The molecule has 0 radical (unpaired) electrons. The number of halogens is 1. The third kappa shape index (κ3) is 2.10. The van der Waals surface area contributed by atoms with Crippen LogP contribution in [0.1, 0.15) is 19.8 Å². The highest BCUT2D eigenvalue weighted by atomic mass is 79.9. The van der Waals surface area contributed by atoms with E-state index in [9.17, 15) is 4.79 Å². The van der Waals surface area contributed by atoms with E-state index >= 15 is 0 Å². The maximum Gasteiger partial charge on any atom is 0.170 e. The molecule has 0 N–H and O–H groups in total. The zero-order chi connectivity index (χ0) is 8.15. The van der Waals surface area contributed by atoms with Gasteiger partial charge in [0.1, 0.15) is 0 Å². The van der Waals surface area contributed by atoms with Gasteiger partial charge in [-0.15, -0.1) is 13.2 Å². The first-order valence-electron chi connectivity index (χ1n) is 3.10. The number of hydrogen-bond donors (Lipinski definition) is 0. The molecular weight excluding hydrogens is 192 g/mol. The molecule has 2 heteroatoms. The Labute approximate surface area is 69.9 Å². The highest BCUT2D eigenvalue weighted by molar-refractivity contribution is 9.12. The fourth-order valence-electron chi connectivity index (χ4n) is 0.759. The molecule has 0 amide bonds. The van der Waals surface area contributed by atoms with Gasteiger partial charge in [0.05, 0.1) is 4.48 Å². The summed E-state index contributed by atoms with van der Waals surface area (Å²) in [5, 5.41) is 0. The summed E-state index contributed by atoms with van der Waals surface area (Å²) >= 11 is 3.20. The molecule has 10 heavy (non-hydrogen) atoms. The molecule has 0 saturated heterocycles. The maximum absolute atomic E-state index is 10.7. The van der Waals surface area contributed by atoms with Gasteiger partial charge >= 0.3 is 0 Å². The Morgan fingerprint density at radius 1 is 1.40 bits per heavy atom. The van der Waals surface area contributed by atoms with E-state index in [1.165, 1.54) is 5.57 Å². The third-order valence-corrected chi connectivity index (χ3v) is 2.47. The molecule has 0 atom stereocenters. The standard InChI is InChI=1S/C6H7BrO.C2H4/c1-4-2-3-5(8)6(4)7;1-2/h2-3H2,1H3;1-2H2. The quantitative estimate of drug-likeness (QED) is 0.553. The molecule has 0 heterocycles. The van der Waals surface area contributed by atoms with Crippen LogP contribution in [-0.4, -0.2) is 5.78 Å². The monoisotopic (exact) mass is 202 g/mol. The summed E-state index contributed by atoms with van der Waals surface area (Å²) in [5.41, 5.74) is 1.19. The number of hydrogen-bond acceptors (Lipinski definition) is 1. The Bertz CT molecular complexity index is 170. The Hall–Kier alpha value is -0.370. The second-order valence-electron chi connectivity index (χ2n) is 2.02. The van der Waals surface area contributed by atoms with Crippen molar-refractivity contribution < 1.29 is 4.79 Å². The third-order valence-electron chi connectivity index (χ3n) is 1.35. The van der Waals surface area contributed by atoms with Crippen LogP contribution in [0.4, 0.5) is 0 Å². The lowest BCUT2D eigenvalue weighted by Crippen LogP contribution is -1.86. The van der Waals surface area contributed by atoms with Crippen molar-refractivity contribution in [1.82, 2.24) is 0 Å². The molecule has 0 aliphatic heterocycles. The van der Waals surface area contributed by atoms with E-state index in [1.54, 1.807) is 0 Å². The SMILES string of the molecule is C=C.CC1=C(Br)C(=O)CC1. The molecule has 0 aromatic heterocycles. The minimum Gasteiger partial charge on any atom is -0.294 e. The number of carbonyl (C=O) groups excluding carboxylic acids is 1. The van der Waals surface area contributed by atoms with Crippen LogP contribution in [0.2, 0.25) is 0 Å². The molecule has 0 saturated carbocycles. The molecular formula is C8H11BrO. The molecule has 0 spiro atoms. The predicted molar refractivity (Wildman–Crippen MR) is 47.1 cm³/mol. The maximum atomic E-state index is 10.7. The Morgan fingerprint density at radius 3 is 2.00 bits per heavy atom. The van der Waals surface area contributed by atoms with Gasteiger partial charge in [-0.25, -0.2) is 0 Å². The van der Waals surface area contributed by atoms with Crippen LogP contribution in [0.15, 0.2) is 23.2 Å². The lowest BCUT2D eigenvalue weighted by molar-refractivity contribution is -0.114. The first-order valence-corrected chi connectivity index (χ1v) is 3.89. The summed E-state index contributed by atoms with van der Waals surface area (Å²) in [7, 11) is 0. The first-order chi connectivity index (χ1) is 4.72. The summed E-state index contributed by atoms with van der Waals surface area (Å²) in [6.07, 6.45) is 1.64. The van der Waals surface area contributed by atoms with E-state index in [0.29, 0.717) is 6.42 Å². The number of Topliss-reactive ketones (excluding diaryl/α,β-unsaturated/α-hetero) is 1. The minimum absolute atomic E-state index is 0.252. The van der Waals surface area contributed by atoms with Crippen LogP contribution < -0.4 is 0 Å². The molecule has 1 nitrogen and oxygen atoms in total. The molecule has 1 rings (SSSR count). The summed E-state index contributed by atoms with van der Waals surface area (Å²) in [6.45, 7) is 7.98. The Kier molecular flexibility index (Phi) is 4.28. The van der Waals surface area contributed by atoms with Crippen molar-refractivity contribution in [1.29, 1.82) is 0 Å². The van der Waals surface area contributed by atoms with Crippen molar-refractivity contribution in [3.63, 3.8) is 0 Å². The Balaban J connectivity index is 0.000000371. The molecule has 0 aromatic carbocycles. The molecule has 0 fully saturated rings. The van der Waals surface area contributed by atoms with Gasteiger partial charge in [0, 0.05) is 6.42 Å². The largest absolute Gasteiger partial charge is 0.294 e. The van der Waals surface area contributed by atoms with E-state index in [0.717, 1.165) is 10.9 Å². The fraction of sp³-hybridized carbons (Fsp3) is 0.375. The van der Waals surface area contributed by atoms with Crippen molar-refractivity contribution >= 4 is 21.7 Å². The van der Waals surface area contributed by atoms with Gasteiger partial charge < -0.3 is 0 Å². The predicted octanol–water partition coefficient (Wildman–Crippen LogP) is 2.82. The van der Waals surface area contributed by atoms with Gasteiger partial charge in [-0.05, 0) is 29.3 Å². The van der Waals surface area contributed by atoms with Crippen LogP contribution in [0, 0.1) is 0 Å². The van der Waals surface area contributed by atoms with Gasteiger partial charge in [-0.2, -0.15) is 0 Å². The summed E-state index contributed by atoms with van der Waals surface area (Å²) in [5.74, 6) is 0.252. The average Bonchev–Trinajstić information content (AvgIpc) is 2.25. The van der Waals surface area contributed by atoms with E-state index in [-0.39, 0.29) is 5.78 Å². The van der Waals surface area contributed by atoms with E-state index in [2.05, 4.69) is 29.1 Å². The molecule has 56 valence electrons. The van der Waals surface area contributed by atoms with Gasteiger partial charge in [-0.3, -0.25) is 4.79 Å². The second kappa shape index (κ2) is 4.45. The van der Waals surface area contributed by atoms with Crippen molar-refractivity contribution in [3.05, 3.63) is 23.2 Å². The number of rotatable bonds is 0. The Morgan fingerprint density at radius 2 is 1.90 bits per heavy atom. The number of ketones is 1. The van der Waals surface area contributed by atoms with Crippen LogP contribution in [0.5, 0.6) is 0 Å². The number of carbonyl (C=O) groups is 1. The van der Waals surface area contributed by atoms with Crippen molar-refractivity contribution in [3.8, 4) is 0 Å². The zero-order valence-corrected chi connectivity index (χ0v) is 7.70. The summed E-state index contributed by atoms with van der Waals surface area (Å²) < 4.78 is 0.803. The normalized spacial score (nSPS) is 16.8. The topological polar surface area (TPSA) is 17.1 Å². The lowest BCUT2D eigenvalue weighted by atomic mass is 10.3. The van der Waals surface area contributed by atoms with Crippen LogP contribution in [0.3, 0.4) is 0 Å². The van der Waals surface area contributed by atoms with Gasteiger partial charge in [-0.1, -0.05) is 5.57 Å². The van der Waals surface area contributed by atoms with Gasteiger partial charge in [0.25, 0.3) is 0 Å². The van der Waals surface area contributed by atoms with Crippen molar-refractivity contribution in [2.24, 2.45) is 0 Å². The molecule has 1 aliphatic carbocycles. The highest BCUT2D eigenvalue weighted by Gasteiger charge is 2.16. The highest BCUT2D eigenvalue weighted by Crippen LogP contribution is 2.26. The van der Waals surface area contributed by atoms with Crippen molar-refractivity contribution in [2.75, 3.05) is 0 Å². The lowest BCUT2D eigenvalue weighted by Gasteiger charge is -1.84. The van der Waals surface area contributed by atoms with Crippen molar-refractivity contribution in [2.45, 2.75) is 19.8 Å². The molecule has 1 aliphatic rings. The van der Waals surface area contributed by atoms with Crippen LogP contribution in [-0.2, 0) is 4.79 Å². The van der Waals surface area contributed by atoms with Crippen LogP contribution in [0.25, 0.3) is 0 Å². The molecule has 0 aromatic rings. The first kappa shape index (κ1) is 9.63. The summed E-state index contributed by atoms with van der Waals surface area (Å²) in [4.78, 5) is 10.7. The second-order valence-corrected chi connectivity index (χ2v) is 2.81. The zero-order valence-electron chi connectivity index (χ0n) is 6.11. The molecule has 0 unspecified atom stereocenters. The smallest absolute Gasteiger partial charge is 0.170 e. The van der Waals surface area contributed by atoms with Gasteiger partial charge in [0.2, 0.25) is 0 Å². The number of allylic oxidation sites excluding steroid dienone is 2. The minimum atomic E-state index is 0.252. The fourth-order valence-corrected chi connectivity index (χ4v) is 1.16. The van der Waals surface area contributed by atoms with E-state index in [1.807, 2.05) is 6.92 Å². The summed E-state index contributed by atoms with van der Waals surface area (Å²) in [6, 6.07) is 0.